The highest BCUT2D eigenvalue weighted by Crippen LogP contribution is 2.30. The molecule has 2 rings (SSSR count). The Balaban J connectivity index is 2.35. The van der Waals surface area contributed by atoms with Crippen molar-refractivity contribution in [2.24, 2.45) is 0 Å². The van der Waals surface area contributed by atoms with Gasteiger partial charge in [0.15, 0.2) is 0 Å². The topological polar surface area (TPSA) is 70.4 Å². The number of carbonyl (C=O) groups is 1. The molecule has 5 heteroatoms. The smallest absolute Gasteiger partial charge is 0.224 e. The van der Waals surface area contributed by atoms with E-state index in [0.717, 1.165) is 23.4 Å². The maximum atomic E-state index is 11.3. The molecule has 0 aliphatic carbocycles. The van der Waals surface area contributed by atoms with E-state index in [1.807, 2.05) is 31.2 Å². The van der Waals surface area contributed by atoms with Crippen LogP contribution in [0.2, 0.25) is 0 Å². The summed E-state index contributed by atoms with van der Waals surface area (Å²) in [4.78, 5) is 11.3. The van der Waals surface area contributed by atoms with E-state index in [4.69, 9.17) is 5.73 Å². The van der Waals surface area contributed by atoms with Crippen LogP contribution in [-0.4, -0.2) is 25.0 Å². The van der Waals surface area contributed by atoms with Gasteiger partial charge in [-0.1, -0.05) is 0 Å². The zero-order valence-electron chi connectivity index (χ0n) is 9.50. The molecule has 0 fully saturated rings. The molecule has 0 saturated heterocycles. The van der Waals surface area contributed by atoms with Gasteiger partial charge in [0, 0.05) is 26.2 Å². The summed E-state index contributed by atoms with van der Waals surface area (Å²) in [7, 11) is 3.77. The molecule has 1 aliphatic rings. The molecule has 4 N–H and O–H groups in total. The summed E-state index contributed by atoms with van der Waals surface area (Å²) in [6.45, 7) is 0. The number of fused-ring (bicyclic) bond motifs is 1. The first-order valence-corrected chi connectivity index (χ1v) is 5.22. The third-order valence-corrected chi connectivity index (χ3v) is 2.51. The molecule has 5 nitrogen and oxygen atoms in total. The summed E-state index contributed by atoms with van der Waals surface area (Å²) in [6.07, 6.45) is 1.29. The zero-order chi connectivity index (χ0) is 11.7. The molecule has 1 amide bonds. The summed E-state index contributed by atoms with van der Waals surface area (Å²) in [6, 6.07) is 3.79. The van der Waals surface area contributed by atoms with E-state index < -0.39 is 0 Å². The number of rotatable bonds is 2. The van der Waals surface area contributed by atoms with Crippen molar-refractivity contribution < 1.29 is 4.79 Å². The molecule has 0 unspecified atom stereocenters. The van der Waals surface area contributed by atoms with Crippen LogP contribution in [0.4, 0.5) is 17.1 Å². The summed E-state index contributed by atoms with van der Waals surface area (Å²) >= 11 is 0. The van der Waals surface area contributed by atoms with Crippen molar-refractivity contribution in [2.75, 3.05) is 30.6 Å². The fraction of sp³-hybridized carbons (Fsp3) is 0.364. The largest absolute Gasteiger partial charge is 0.397 e. The highest BCUT2D eigenvalue weighted by atomic mass is 16.1. The number of nitrogens with two attached hydrogens (primary N) is 1. The van der Waals surface area contributed by atoms with Gasteiger partial charge in [0.1, 0.15) is 0 Å². The number of nitrogens with zero attached hydrogens (tertiary/aromatic N) is 1. The van der Waals surface area contributed by atoms with Crippen molar-refractivity contribution in [3.05, 3.63) is 17.7 Å². The second-order valence-corrected chi connectivity index (χ2v) is 4.15. The van der Waals surface area contributed by atoms with Crippen LogP contribution in [0, 0.1) is 0 Å². The maximum Gasteiger partial charge on any atom is 0.224 e. The number of carbonyl (C=O) groups excluding carboxylic acids is 1. The molecule has 16 heavy (non-hydrogen) atoms. The van der Waals surface area contributed by atoms with Crippen molar-refractivity contribution in [1.82, 2.24) is 5.01 Å². The minimum absolute atomic E-state index is 0.0630. The number of anilines is 3. The lowest BCUT2D eigenvalue weighted by molar-refractivity contribution is -0.116. The van der Waals surface area contributed by atoms with Gasteiger partial charge in [-0.05, 0) is 24.1 Å². The quantitative estimate of drug-likeness (QED) is 0.514. The molecule has 1 aliphatic heterocycles. The Morgan fingerprint density at radius 1 is 1.38 bits per heavy atom. The fourth-order valence-corrected chi connectivity index (χ4v) is 1.79. The van der Waals surface area contributed by atoms with Gasteiger partial charge in [0.05, 0.1) is 11.4 Å². The van der Waals surface area contributed by atoms with Gasteiger partial charge in [-0.2, -0.15) is 0 Å². The number of nitrogens with one attached hydrogen (secondary N) is 2. The molecule has 0 spiro atoms. The van der Waals surface area contributed by atoms with Gasteiger partial charge in [0.25, 0.3) is 0 Å². The minimum atomic E-state index is 0.0630. The maximum absolute atomic E-state index is 11.3. The van der Waals surface area contributed by atoms with E-state index in [2.05, 4.69) is 10.7 Å². The number of hydrazine groups is 1. The molecule has 86 valence electrons. The normalized spacial score (nSPS) is 14.6. The Labute approximate surface area is 94.6 Å². The Morgan fingerprint density at radius 2 is 2.12 bits per heavy atom. The van der Waals surface area contributed by atoms with Crippen LogP contribution >= 0.6 is 0 Å². The van der Waals surface area contributed by atoms with E-state index >= 15 is 0 Å². The Bertz CT molecular complexity index is 428. The van der Waals surface area contributed by atoms with E-state index in [0.29, 0.717) is 12.1 Å². The van der Waals surface area contributed by atoms with Crippen LogP contribution in [0.5, 0.6) is 0 Å². The first-order valence-electron chi connectivity index (χ1n) is 5.22. The van der Waals surface area contributed by atoms with Gasteiger partial charge in [-0.25, -0.2) is 5.01 Å². The zero-order valence-corrected chi connectivity index (χ0v) is 9.50. The van der Waals surface area contributed by atoms with E-state index in [-0.39, 0.29) is 5.91 Å². The van der Waals surface area contributed by atoms with Crippen LogP contribution in [0.25, 0.3) is 0 Å². The third kappa shape index (κ3) is 2.09. The van der Waals surface area contributed by atoms with Crippen LogP contribution < -0.4 is 16.5 Å². The van der Waals surface area contributed by atoms with Crippen molar-refractivity contribution in [1.29, 1.82) is 0 Å². The molecule has 1 heterocycles. The lowest BCUT2D eigenvalue weighted by Crippen LogP contribution is -2.22. The predicted octanol–water partition coefficient (Wildman–Crippen LogP) is 1.04. The van der Waals surface area contributed by atoms with Crippen LogP contribution in [0.1, 0.15) is 12.0 Å². The Kier molecular flexibility index (Phi) is 2.70. The highest BCUT2D eigenvalue weighted by Gasteiger charge is 2.16. The van der Waals surface area contributed by atoms with Gasteiger partial charge >= 0.3 is 0 Å². The molecular formula is C11H16N4O. The predicted molar refractivity (Wildman–Crippen MR) is 65.1 cm³/mol. The lowest BCUT2D eigenvalue weighted by atomic mass is 10.0. The molecule has 0 radical (unpaired) electrons. The van der Waals surface area contributed by atoms with E-state index in [1.54, 1.807) is 0 Å². The standard InChI is InChI=1S/C11H16N4O/c1-15(2)14-10-6-9-7(5-8(10)12)3-4-11(16)13-9/h5-6,14H,3-4,12H2,1-2H3,(H,13,16). The van der Waals surface area contributed by atoms with E-state index in [1.165, 1.54) is 0 Å². The molecule has 0 atom stereocenters. The number of hydrogen-bond acceptors (Lipinski definition) is 4. The van der Waals surface area contributed by atoms with Crippen molar-refractivity contribution in [3.63, 3.8) is 0 Å². The average molecular weight is 220 g/mol. The van der Waals surface area contributed by atoms with Gasteiger partial charge in [0.2, 0.25) is 5.91 Å². The number of amides is 1. The van der Waals surface area contributed by atoms with Crippen LogP contribution in [0.3, 0.4) is 0 Å². The second kappa shape index (κ2) is 4.02. The van der Waals surface area contributed by atoms with Gasteiger partial charge in [-0.15, -0.1) is 0 Å². The Morgan fingerprint density at radius 3 is 2.81 bits per heavy atom. The Hall–Kier alpha value is -1.75. The molecule has 0 aromatic heterocycles. The van der Waals surface area contributed by atoms with E-state index in [9.17, 15) is 4.79 Å². The second-order valence-electron chi connectivity index (χ2n) is 4.15. The number of benzene rings is 1. The molecule has 1 aromatic carbocycles. The number of hydrogen-bond donors (Lipinski definition) is 3. The molecule has 1 aromatic rings. The summed E-state index contributed by atoms with van der Waals surface area (Å²) in [5.41, 5.74) is 12.5. The summed E-state index contributed by atoms with van der Waals surface area (Å²) in [5.74, 6) is 0.0630. The first kappa shape index (κ1) is 10.8. The van der Waals surface area contributed by atoms with Gasteiger partial charge < -0.3 is 16.5 Å². The minimum Gasteiger partial charge on any atom is -0.397 e. The van der Waals surface area contributed by atoms with Crippen LogP contribution in [0.15, 0.2) is 12.1 Å². The number of aryl methyl sites for hydroxylation is 1. The molecule has 0 bridgehead atoms. The SMILES string of the molecule is CN(C)Nc1cc2c(cc1N)CCC(=O)N2. The van der Waals surface area contributed by atoms with Crippen LogP contribution in [-0.2, 0) is 11.2 Å². The van der Waals surface area contributed by atoms with Crippen molar-refractivity contribution in [3.8, 4) is 0 Å². The van der Waals surface area contributed by atoms with Crippen molar-refractivity contribution >= 4 is 23.0 Å². The highest BCUT2D eigenvalue weighted by molar-refractivity contribution is 5.95. The fourth-order valence-electron chi connectivity index (χ4n) is 1.79. The summed E-state index contributed by atoms with van der Waals surface area (Å²) < 4.78 is 0. The summed E-state index contributed by atoms with van der Waals surface area (Å²) in [5, 5.41) is 4.66. The third-order valence-electron chi connectivity index (χ3n) is 2.51. The number of nitrogen functional groups attached to an aromatic ring is 1. The monoisotopic (exact) mass is 220 g/mol. The van der Waals surface area contributed by atoms with Crippen molar-refractivity contribution in [2.45, 2.75) is 12.8 Å². The molecular weight excluding hydrogens is 204 g/mol. The average Bonchev–Trinajstić information content (AvgIpc) is 2.19. The lowest BCUT2D eigenvalue weighted by Gasteiger charge is -2.21. The first-order chi connectivity index (χ1) is 7.56. The molecule has 0 saturated carbocycles. The van der Waals surface area contributed by atoms with Gasteiger partial charge in [-0.3, -0.25) is 4.79 Å².